The number of ether oxygens (including phenoxy) is 1. The number of nitro groups is 1. The fraction of sp³-hybridized carbons (Fsp3) is 0.0556. The van der Waals surface area contributed by atoms with Crippen molar-refractivity contribution in [1.82, 2.24) is 0 Å². The number of para-hydroxylation sites is 1. The Bertz CT molecular complexity index is 872. The highest BCUT2D eigenvalue weighted by Gasteiger charge is 2.13. The molecule has 0 saturated carbocycles. The van der Waals surface area contributed by atoms with Crippen molar-refractivity contribution in [3.63, 3.8) is 0 Å². The van der Waals surface area contributed by atoms with E-state index in [1.165, 1.54) is 24.3 Å². The molecule has 2 aromatic carbocycles. The van der Waals surface area contributed by atoms with Crippen LogP contribution in [0.2, 0.25) is 0 Å². The number of rotatable bonds is 6. The summed E-state index contributed by atoms with van der Waals surface area (Å²) in [5, 5.41) is 13.2. The number of benzene rings is 2. The van der Waals surface area contributed by atoms with Crippen molar-refractivity contribution in [2.75, 3.05) is 5.32 Å². The Kier molecular flexibility index (Phi) is 4.75. The summed E-state index contributed by atoms with van der Waals surface area (Å²) < 4.78 is 11.0. The van der Waals surface area contributed by atoms with E-state index < -0.39 is 10.8 Å². The molecule has 1 N–H and O–H groups in total. The van der Waals surface area contributed by atoms with Gasteiger partial charge in [0.2, 0.25) is 0 Å². The van der Waals surface area contributed by atoms with E-state index in [1.807, 2.05) is 30.3 Å². The molecule has 1 heterocycles. The van der Waals surface area contributed by atoms with Gasteiger partial charge in [-0.15, -0.1) is 0 Å². The Hall–Kier alpha value is -3.61. The Labute approximate surface area is 143 Å². The maximum Gasteiger partial charge on any atom is 0.291 e. The minimum absolute atomic E-state index is 0.0451. The van der Waals surface area contributed by atoms with E-state index in [-0.39, 0.29) is 18.1 Å². The van der Waals surface area contributed by atoms with Crippen molar-refractivity contribution in [2.45, 2.75) is 6.61 Å². The number of furan rings is 1. The van der Waals surface area contributed by atoms with Crippen LogP contribution in [0.25, 0.3) is 0 Å². The molecular formula is C18H14N2O5. The van der Waals surface area contributed by atoms with E-state index >= 15 is 0 Å². The van der Waals surface area contributed by atoms with E-state index in [0.717, 1.165) is 0 Å². The minimum Gasteiger partial charge on any atom is -0.486 e. The monoisotopic (exact) mass is 338 g/mol. The second kappa shape index (κ2) is 7.31. The Morgan fingerprint density at radius 2 is 1.76 bits per heavy atom. The molecule has 1 aromatic heterocycles. The first kappa shape index (κ1) is 16.3. The van der Waals surface area contributed by atoms with Crippen LogP contribution in [0.3, 0.4) is 0 Å². The van der Waals surface area contributed by atoms with Gasteiger partial charge in [-0.05, 0) is 36.4 Å². The molecule has 7 heteroatoms. The Morgan fingerprint density at radius 3 is 2.44 bits per heavy atom. The Balaban J connectivity index is 1.59. The topological polar surface area (TPSA) is 94.6 Å². The van der Waals surface area contributed by atoms with Crippen LogP contribution in [-0.4, -0.2) is 10.8 Å². The van der Waals surface area contributed by atoms with Crippen LogP contribution in [-0.2, 0) is 6.61 Å². The molecule has 0 fully saturated rings. The zero-order chi connectivity index (χ0) is 17.6. The number of carbonyl (C=O) groups is 1. The van der Waals surface area contributed by atoms with Crippen molar-refractivity contribution in [3.05, 3.63) is 88.4 Å². The molecule has 25 heavy (non-hydrogen) atoms. The zero-order valence-corrected chi connectivity index (χ0v) is 13.0. The number of carbonyl (C=O) groups excluding carboxylic acids is 1. The number of amides is 1. The molecule has 0 saturated heterocycles. The molecule has 0 spiro atoms. The predicted octanol–water partition coefficient (Wildman–Crippen LogP) is 4.02. The van der Waals surface area contributed by atoms with Crippen molar-refractivity contribution in [2.24, 2.45) is 0 Å². The lowest BCUT2D eigenvalue weighted by Gasteiger charge is -2.04. The van der Waals surface area contributed by atoms with E-state index in [0.29, 0.717) is 17.2 Å². The fourth-order valence-corrected chi connectivity index (χ4v) is 2.11. The highest BCUT2D eigenvalue weighted by molar-refractivity contribution is 6.02. The van der Waals surface area contributed by atoms with Crippen molar-refractivity contribution >= 4 is 17.3 Å². The van der Waals surface area contributed by atoms with Crippen molar-refractivity contribution < 1.29 is 18.9 Å². The lowest BCUT2D eigenvalue weighted by atomic mass is 10.3. The first-order valence-electron chi connectivity index (χ1n) is 7.44. The molecule has 1 amide bonds. The molecule has 0 bridgehead atoms. The van der Waals surface area contributed by atoms with Crippen LogP contribution in [0.15, 0.2) is 71.1 Å². The van der Waals surface area contributed by atoms with Crippen LogP contribution < -0.4 is 10.1 Å². The standard InChI is InChI=1S/C18H14N2O5/c21-18(19-13-6-8-14(9-7-13)20(22)23)17-11-10-16(25-17)12-24-15-4-2-1-3-5-15/h1-11H,12H2,(H,19,21). The number of hydrogen-bond donors (Lipinski definition) is 1. The molecule has 0 atom stereocenters. The lowest BCUT2D eigenvalue weighted by molar-refractivity contribution is -0.384. The number of nitrogens with zero attached hydrogens (tertiary/aromatic N) is 1. The van der Waals surface area contributed by atoms with Gasteiger partial charge in [0.1, 0.15) is 18.1 Å². The summed E-state index contributed by atoms with van der Waals surface area (Å²) in [5.41, 5.74) is 0.394. The van der Waals surface area contributed by atoms with Gasteiger partial charge in [0.25, 0.3) is 11.6 Å². The van der Waals surface area contributed by atoms with Crippen LogP contribution >= 0.6 is 0 Å². The molecule has 0 aliphatic rings. The van der Waals surface area contributed by atoms with E-state index in [9.17, 15) is 14.9 Å². The SMILES string of the molecule is O=C(Nc1ccc([N+](=O)[O-])cc1)c1ccc(COc2ccccc2)o1. The summed E-state index contributed by atoms with van der Waals surface area (Å²) in [6, 6.07) is 18.0. The molecule has 0 unspecified atom stereocenters. The van der Waals surface area contributed by atoms with Gasteiger partial charge < -0.3 is 14.5 Å². The number of hydrogen-bond acceptors (Lipinski definition) is 5. The maximum atomic E-state index is 12.1. The summed E-state index contributed by atoms with van der Waals surface area (Å²) >= 11 is 0. The molecule has 0 radical (unpaired) electrons. The average molecular weight is 338 g/mol. The highest BCUT2D eigenvalue weighted by atomic mass is 16.6. The number of anilines is 1. The second-order valence-electron chi connectivity index (χ2n) is 5.13. The fourth-order valence-electron chi connectivity index (χ4n) is 2.11. The molecule has 7 nitrogen and oxygen atoms in total. The molecule has 126 valence electrons. The second-order valence-corrected chi connectivity index (χ2v) is 5.13. The van der Waals surface area contributed by atoms with Gasteiger partial charge in [0.05, 0.1) is 4.92 Å². The third kappa shape index (κ3) is 4.23. The molecule has 3 aromatic rings. The van der Waals surface area contributed by atoms with Crippen LogP contribution in [0.4, 0.5) is 11.4 Å². The van der Waals surface area contributed by atoms with Crippen molar-refractivity contribution in [1.29, 1.82) is 0 Å². The summed E-state index contributed by atoms with van der Waals surface area (Å²) in [6.45, 7) is 0.203. The van der Waals surface area contributed by atoms with E-state index in [1.54, 1.807) is 12.1 Å². The zero-order valence-electron chi connectivity index (χ0n) is 13.0. The number of nitrogens with one attached hydrogen (secondary N) is 1. The largest absolute Gasteiger partial charge is 0.486 e. The van der Waals surface area contributed by atoms with Gasteiger partial charge in [-0.2, -0.15) is 0 Å². The normalized spacial score (nSPS) is 10.2. The number of non-ortho nitro benzene ring substituents is 1. The van der Waals surface area contributed by atoms with Gasteiger partial charge in [0, 0.05) is 17.8 Å². The van der Waals surface area contributed by atoms with Crippen LogP contribution in [0.5, 0.6) is 5.75 Å². The summed E-state index contributed by atoms with van der Waals surface area (Å²) in [5.74, 6) is 0.901. The molecule has 0 aliphatic heterocycles. The smallest absolute Gasteiger partial charge is 0.291 e. The van der Waals surface area contributed by atoms with Gasteiger partial charge in [-0.3, -0.25) is 14.9 Å². The highest BCUT2D eigenvalue weighted by Crippen LogP contribution is 2.18. The minimum atomic E-state index is -0.503. The summed E-state index contributed by atoms with van der Waals surface area (Å²) in [7, 11) is 0. The lowest BCUT2D eigenvalue weighted by Crippen LogP contribution is -2.10. The molecular weight excluding hydrogens is 324 g/mol. The number of nitro benzene ring substituents is 1. The van der Waals surface area contributed by atoms with Crippen LogP contribution in [0.1, 0.15) is 16.3 Å². The first-order chi connectivity index (χ1) is 12.1. The van der Waals surface area contributed by atoms with Gasteiger partial charge in [-0.1, -0.05) is 18.2 Å². The summed E-state index contributed by atoms with van der Waals surface area (Å²) in [4.78, 5) is 22.3. The predicted molar refractivity (Wildman–Crippen MR) is 90.5 cm³/mol. The third-order valence-electron chi connectivity index (χ3n) is 3.35. The summed E-state index contributed by atoms with van der Waals surface area (Å²) in [6.07, 6.45) is 0. The molecule has 0 aliphatic carbocycles. The van der Waals surface area contributed by atoms with E-state index in [4.69, 9.17) is 9.15 Å². The van der Waals surface area contributed by atoms with E-state index in [2.05, 4.69) is 5.32 Å². The van der Waals surface area contributed by atoms with Gasteiger partial charge >= 0.3 is 0 Å². The Morgan fingerprint density at radius 1 is 1.04 bits per heavy atom. The molecule has 3 rings (SSSR count). The first-order valence-corrected chi connectivity index (χ1v) is 7.44. The quantitative estimate of drug-likeness (QED) is 0.541. The third-order valence-corrected chi connectivity index (χ3v) is 3.35. The average Bonchev–Trinajstić information content (AvgIpc) is 3.10. The van der Waals surface area contributed by atoms with Crippen molar-refractivity contribution in [3.8, 4) is 5.75 Å². The maximum absolute atomic E-state index is 12.1. The van der Waals surface area contributed by atoms with Gasteiger partial charge in [-0.25, -0.2) is 0 Å². The van der Waals surface area contributed by atoms with Gasteiger partial charge in [0.15, 0.2) is 5.76 Å². The van der Waals surface area contributed by atoms with Crippen LogP contribution in [0, 0.1) is 10.1 Å².